The Labute approximate surface area is 136 Å². The van der Waals surface area contributed by atoms with E-state index >= 15 is 0 Å². The molecule has 4 heteroatoms. The van der Waals surface area contributed by atoms with Crippen molar-refractivity contribution in [3.63, 3.8) is 0 Å². The minimum atomic E-state index is -0.00689. The number of carbonyl (C=O) groups is 1. The van der Waals surface area contributed by atoms with Crippen LogP contribution in [-0.2, 0) is 9.53 Å². The maximum absolute atomic E-state index is 12.4. The van der Waals surface area contributed by atoms with Crippen molar-refractivity contribution in [2.45, 2.75) is 65.3 Å². The molecule has 2 rings (SSSR count). The van der Waals surface area contributed by atoms with Gasteiger partial charge in [0.2, 0.25) is 5.91 Å². The Balaban J connectivity index is 2.10. The van der Waals surface area contributed by atoms with Gasteiger partial charge >= 0.3 is 0 Å². The molecule has 2 heterocycles. The van der Waals surface area contributed by atoms with E-state index in [0.29, 0.717) is 12.5 Å². The average molecular weight is 310 g/mol. The lowest BCUT2D eigenvalue weighted by atomic mass is 9.62. The van der Waals surface area contributed by atoms with E-state index in [4.69, 9.17) is 4.74 Å². The Kier molecular flexibility index (Phi) is 5.89. The third kappa shape index (κ3) is 3.48. The van der Waals surface area contributed by atoms with Gasteiger partial charge in [0.15, 0.2) is 0 Å². The number of hydrogen-bond donors (Lipinski definition) is 1. The monoisotopic (exact) mass is 310 g/mol. The Morgan fingerprint density at radius 2 is 2.00 bits per heavy atom. The fourth-order valence-corrected chi connectivity index (χ4v) is 4.11. The predicted octanol–water partition coefficient (Wildman–Crippen LogP) is 2.82. The molecule has 0 saturated carbocycles. The lowest BCUT2D eigenvalue weighted by Crippen LogP contribution is -2.60. The number of nitrogens with one attached hydrogen (secondary N) is 1. The van der Waals surface area contributed by atoms with Crippen molar-refractivity contribution in [1.29, 1.82) is 0 Å². The van der Waals surface area contributed by atoms with E-state index in [2.05, 4.69) is 33.0 Å². The number of likely N-dealkylation sites (tertiary alicyclic amines) is 1. The van der Waals surface area contributed by atoms with Crippen molar-refractivity contribution in [1.82, 2.24) is 10.2 Å². The number of hydrogen-bond acceptors (Lipinski definition) is 3. The summed E-state index contributed by atoms with van der Waals surface area (Å²) in [6.45, 7) is 13.1. The highest BCUT2D eigenvalue weighted by atomic mass is 16.5. The van der Waals surface area contributed by atoms with Gasteiger partial charge in [-0.2, -0.15) is 0 Å². The second kappa shape index (κ2) is 7.31. The van der Waals surface area contributed by atoms with Crippen LogP contribution in [0.3, 0.4) is 0 Å². The van der Waals surface area contributed by atoms with Crippen LogP contribution in [0.25, 0.3) is 0 Å². The average Bonchev–Trinajstić information content (AvgIpc) is 2.99. The summed E-state index contributed by atoms with van der Waals surface area (Å²) in [4.78, 5) is 14.5. The van der Waals surface area contributed by atoms with Crippen molar-refractivity contribution in [2.75, 3.05) is 32.8 Å². The van der Waals surface area contributed by atoms with Gasteiger partial charge in [-0.1, -0.05) is 34.1 Å². The van der Waals surface area contributed by atoms with Crippen LogP contribution in [0.4, 0.5) is 0 Å². The van der Waals surface area contributed by atoms with Gasteiger partial charge in [-0.25, -0.2) is 0 Å². The van der Waals surface area contributed by atoms with Crippen molar-refractivity contribution < 1.29 is 9.53 Å². The SMILES string of the molecule is CCC[C@]1(NCC(=O)N2CCCC2)CCOC[C@@H](C)C1(C)C. The Morgan fingerprint density at radius 3 is 2.64 bits per heavy atom. The molecule has 0 unspecified atom stereocenters. The van der Waals surface area contributed by atoms with Gasteiger partial charge in [0.1, 0.15) is 0 Å². The van der Waals surface area contributed by atoms with Crippen LogP contribution in [0.1, 0.15) is 59.8 Å². The molecule has 0 aromatic carbocycles. The van der Waals surface area contributed by atoms with Crippen molar-refractivity contribution in [3.05, 3.63) is 0 Å². The standard InChI is InChI=1S/C18H34N2O2/c1-5-8-18(9-12-22-14-15(2)17(18,3)4)19-13-16(21)20-10-6-7-11-20/h15,19H,5-14H2,1-4H3/t15-,18+/m1/s1. The molecule has 0 radical (unpaired) electrons. The summed E-state index contributed by atoms with van der Waals surface area (Å²) in [5, 5.41) is 3.70. The van der Waals surface area contributed by atoms with E-state index in [0.717, 1.165) is 58.4 Å². The van der Waals surface area contributed by atoms with Crippen LogP contribution in [0, 0.1) is 11.3 Å². The molecule has 0 aliphatic carbocycles. The molecule has 2 aliphatic heterocycles. The summed E-state index contributed by atoms with van der Waals surface area (Å²) in [5.41, 5.74) is 0.109. The van der Waals surface area contributed by atoms with Crippen LogP contribution in [0.2, 0.25) is 0 Å². The van der Waals surface area contributed by atoms with E-state index in [1.807, 2.05) is 4.90 Å². The minimum absolute atomic E-state index is 0.00689. The van der Waals surface area contributed by atoms with Crippen LogP contribution in [0.15, 0.2) is 0 Å². The quantitative estimate of drug-likeness (QED) is 0.849. The first kappa shape index (κ1) is 17.7. The Morgan fingerprint density at radius 1 is 1.32 bits per heavy atom. The summed E-state index contributed by atoms with van der Waals surface area (Å²) in [5.74, 6) is 0.748. The number of rotatable bonds is 5. The number of nitrogens with zero attached hydrogens (tertiary/aromatic N) is 1. The van der Waals surface area contributed by atoms with E-state index in [1.54, 1.807) is 0 Å². The zero-order valence-corrected chi connectivity index (χ0v) is 14.9. The highest BCUT2D eigenvalue weighted by Gasteiger charge is 2.48. The highest BCUT2D eigenvalue weighted by Crippen LogP contribution is 2.45. The smallest absolute Gasteiger partial charge is 0.236 e. The van der Waals surface area contributed by atoms with Gasteiger partial charge in [0.05, 0.1) is 6.54 Å². The first-order chi connectivity index (χ1) is 10.4. The van der Waals surface area contributed by atoms with Crippen LogP contribution >= 0.6 is 0 Å². The summed E-state index contributed by atoms with van der Waals surface area (Å²) >= 11 is 0. The van der Waals surface area contributed by atoms with E-state index in [9.17, 15) is 4.79 Å². The summed E-state index contributed by atoms with van der Waals surface area (Å²) in [6, 6.07) is 0. The normalized spacial score (nSPS) is 32.0. The largest absolute Gasteiger partial charge is 0.381 e. The Bertz CT molecular complexity index is 377. The third-order valence-corrected chi connectivity index (χ3v) is 6.22. The molecule has 2 atom stereocenters. The van der Waals surface area contributed by atoms with Gasteiger partial charge < -0.3 is 15.0 Å². The molecule has 1 amide bonds. The second-order valence-electron chi connectivity index (χ2n) is 7.72. The first-order valence-corrected chi connectivity index (χ1v) is 9.03. The molecule has 0 aromatic heterocycles. The zero-order valence-electron chi connectivity index (χ0n) is 14.9. The summed E-state index contributed by atoms with van der Waals surface area (Å²) in [6.07, 6.45) is 5.53. The summed E-state index contributed by atoms with van der Waals surface area (Å²) < 4.78 is 5.82. The molecule has 4 nitrogen and oxygen atoms in total. The van der Waals surface area contributed by atoms with Gasteiger partial charge in [0.25, 0.3) is 0 Å². The van der Waals surface area contributed by atoms with Gasteiger partial charge in [-0.3, -0.25) is 4.79 Å². The maximum Gasteiger partial charge on any atom is 0.236 e. The first-order valence-electron chi connectivity index (χ1n) is 9.03. The van der Waals surface area contributed by atoms with E-state index in [-0.39, 0.29) is 16.9 Å². The molecule has 1 N–H and O–H groups in total. The van der Waals surface area contributed by atoms with Crippen LogP contribution in [0.5, 0.6) is 0 Å². The third-order valence-electron chi connectivity index (χ3n) is 6.22. The molecule has 22 heavy (non-hydrogen) atoms. The molecule has 2 aliphatic rings. The topological polar surface area (TPSA) is 41.6 Å². The molecule has 0 spiro atoms. The molecule has 2 fully saturated rings. The van der Waals surface area contributed by atoms with E-state index in [1.165, 1.54) is 0 Å². The molecule has 2 saturated heterocycles. The molecular weight excluding hydrogens is 276 g/mol. The van der Waals surface area contributed by atoms with Crippen LogP contribution < -0.4 is 5.32 Å². The number of amides is 1. The van der Waals surface area contributed by atoms with Gasteiger partial charge in [-0.15, -0.1) is 0 Å². The maximum atomic E-state index is 12.4. The van der Waals surface area contributed by atoms with Crippen LogP contribution in [-0.4, -0.2) is 49.2 Å². The fraction of sp³-hybridized carbons (Fsp3) is 0.944. The fourth-order valence-electron chi connectivity index (χ4n) is 4.11. The minimum Gasteiger partial charge on any atom is -0.381 e. The number of carbonyl (C=O) groups excluding carboxylic acids is 1. The van der Waals surface area contributed by atoms with E-state index < -0.39 is 0 Å². The van der Waals surface area contributed by atoms with Crippen molar-refractivity contribution >= 4 is 5.91 Å². The zero-order chi connectivity index (χ0) is 16.2. The molecule has 0 aromatic rings. The van der Waals surface area contributed by atoms with Crippen molar-refractivity contribution in [2.24, 2.45) is 11.3 Å². The highest BCUT2D eigenvalue weighted by molar-refractivity contribution is 5.78. The lowest BCUT2D eigenvalue weighted by Gasteiger charge is -2.49. The van der Waals surface area contributed by atoms with Gasteiger partial charge in [0, 0.05) is 31.8 Å². The summed E-state index contributed by atoms with van der Waals surface area (Å²) in [7, 11) is 0. The Hall–Kier alpha value is -0.610. The van der Waals surface area contributed by atoms with Crippen molar-refractivity contribution in [3.8, 4) is 0 Å². The molecule has 128 valence electrons. The van der Waals surface area contributed by atoms with Gasteiger partial charge in [-0.05, 0) is 37.0 Å². The second-order valence-corrected chi connectivity index (χ2v) is 7.72. The number of ether oxygens (including phenoxy) is 1. The predicted molar refractivity (Wildman–Crippen MR) is 89.8 cm³/mol. The molecular formula is C18H34N2O2. The lowest BCUT2D eigenvalue weighted by molar-refractivity contribution is -0.130. The molecule has 0 bridgehead atoms.